The molecule has 0 saturated carbocycles. The minimum absolute atomic E-state index is 0.00485. The molecule has 2 N–H and O–H groups in total. The molecule has 0 spiro atoms. The van der Waals surface area contributed by atoms with Crippen LogP contribution in [0.4, 0.5) is 0 Å². The van der Waals surface area contributed by atoms with Gasteiger partial charge in [0.1, 0.15) is 0 Å². The Bertz CT molecular complexity index is 322. The fraction of sp³-hybridized carbons (Fsp3) is 0.857. The summed E-state index contributed by atoms with van der Waals surface area (Å²) in [5.41, 5.74) is 0. The first kappa shape index (κ1) is 16.9. The van der Waals surface area contributed by atoms with Crippen LogP contribution < -0.4 is 5.32 Å². The second kappa shape index (κ2) is 8.92. The highest BCUT2D eigenvalue weighted by atomic mass is 16.5. The summed E-state index contributed by atoms with van der Waals surface area (Å²) in [6, 6.07) is 0.207. The van der Waals surface area contributed by atoms with E-state index in [1.54, 1.807) is 7.11 Å². The average molecular weight is 286 g/mol. The number of piperidine rings is 1. The molecule has 1 aliphatic heterocycles. The van der Waals surface area contributed by atoms with Crippen LogP contribution in [0, 0.1) is 0 Å². The highest BCUT2D eigenvalue weighted by Gasteiger charge is 2.24. The molecule has 1 rings (SSSR count). The van der Waals surface area contributed by atoms with Crippen molar-refractivity contribution in [2.45, 2.75) is 51.1 Å². The number of carbonyl (C=O) groups is 2. The number of nitrogens with zero attached hydrogens (tertiary/aromatic N) is 1. The van der Waals surface area contributed by atoms with E-state index < -0.39 is 5.97 Å². The van der Waals surface area contributed by atoms with Gasteiger partial charge in [-0.1, -0.05) is 6.42 Å². The molecule has 0 aromatic rings. The number of ether oxygens (including phenoxy) is 1. The first-order chi connectivity index (χ1) is 9.52. The van der Waals surface area contributed by atoms with Crippen LogP contribution in [0.5, 0.6) is 0 Å². The van der Waals surface area contributed by atoms with Gasteiger partial charge in [0.2, 0.25) is 5.91 Å². The van der Waals surface area contributed by atoms with Crippen molar-refractivity contribution >= 4 is 11.9 Å². The number of amides is 1. The largest absolute Gasteiger partial charge is 0.481 e. The summed E-state index contributed by atoms with van der Waals surface area (Å²) in [5.74, 6) is -0.787. The molecule has 116 valence electrons. The van der Waals surface area contributed by atoms with Crippen molar-refractivity contribution < 1.29 is 19.4 Å². The van der Waals surface area contributed by atoms with Crippen LogP contribution in [0.1, 0.15) is 39.0 Å². The summed E-state index contributed by atoms with van der Waals surface area (Å²) in [6.07, 6.45) is 3.96. The zero-order valence-electron chi connectivity index (χ0n) is 12.4. The van der Waals surface area contributed by atoms with Crippen LogP contribution >= 0.6 is 0 Å². The molecule has 0 radical (unpaired) electrons. The normalized spacial score (nSPS) is 21.4. The second-order valence-electron chi connectivity index (χ2n) is 5.48. The maximum atomic E-state index is 12.0. The number of likely N-dealkylation sites (tertiary alicyclic amines) is 1. The number of aliphatic carboxylic acids is 1. The summed E-state index contributed by atoms with van der Waals surface area (Å²) in [6.45, 7) is 3.61. The Hall–Kier alpha value is -1.14. The van der Waals surface area contributed by atoms with E-state index in [0.29, 0.717) is 19.6 Å². The molecular weight excluding hydrogens is 260 g/mol. The number of carbonyl (C=O) groups excluding carboxylic acids is 1. The van der Waals surface area contributed by atoms with Crippen molar-refractivity contribution in [3.63, 3.8) is 0 Å². The fourth-order valence-electron chi connectivity index (χ4n) is 2.68. The summed E-state index contributed by atoms with van der Waals surface area (Å²) in [7, 11) is 1.61. The summed E-state index contributed by atoms with van der Waals surface area (Å²) < 4.78 is 4.99. The Labute approximate surface area is 120 Å². The molecule has 1 saturated heterocycles. The smallest absolute Gasteiger partial charge is 0.303 e. The van der Waals surface area contributed by atoms with Gasteiger partial charge in [-0.15, -0.1) is 0 Å². The van der Waals surface area contributed by atoms with Gasteiger partial charge in [0.15, 0.2) is 0 Å². The van der Waals surface area contributed by atoms with Crippen molar-refractivity contribution in [3.8, 4) is 0 Å². The van der Waals surface area contributed by atoms with Gasteiger partial charge in [-0.05, 0) is 32.7 Å². The van der Waals surface area contributed by atoms with E-state index in [9.17, 15) is 9.59 Å². The second-order valence-corrected chi connectivity index (χ2v) is 5.48. The van der Waals surface area contributed by atoms with Gasteiger partial charge >= 0.3 is 5.97 Å². The maximum absolute atomic E-state index is 12.0. The van der Waals surface area contributed by atoms with E-state index in [-0.39, 0.29) is 24.4 Å². The monoisotopic (exact) mass is 286 g/mol. The Kier molecular flexibility index (Phi) is 7.54. The number of nitrogens with one attached hydrogen (secondary N) is 1. The van der Waals surface area contributed by atoms with Crippen LogP contribution in [-0.2, 0) is 14.3 Å². The highest BCUT2D eigenvalue weighted by molar-refractivity contribution is 5.78. The summed E-state index contributed by atoms with van der Waals surface area (Å²) in [4.78, 5) is 24.7. The molecule has 0 bridgehead atoms. The van der Waals surface area contributed by atoms with Crippen LogP contribution in [-0.4, -0.2) is 60.8 Å². The Morgan fingerprint density at radius 1 is 1.45 bits per heavy atom. The van der Waals surface area contributed by atoms with Crippen LogP contribution in [0.2, 0.25) is 0 Å². The lowest BCUT2D eigenvalue weighted by molar-refractivity contribution is -0.137. The molecule has 2 atom stereocenters. The summed E-state index contributed by atoms with van der Waals surface area (Å²) >= 11 is 0. The van der Waals surface area contributed by atoms with Gasteiger partial charge in [-0.25, -0.2) is 0 Å². The van der Waals surface area contributed by atoms with Gasteiger partial charge in [-0.3, -0.25) is 14.5 Å². The van der Waals surface area contributed by atoms with Crippen molar-refractivity contribution in [1.29, 1.82) is 0 Å². The third-order valence-electron chi connectivity index (χ3n) is 3.61. The third-order valence-corrected chi connectivity index (χ3v) is 3.61. The van der Waals surface area contributed by atoms with Crippen molar-refractivity contribution in [3.05, 3.63) is 0 Å². The average Bonchev–Trinajstić information content (AvgIpc) is 2.37. The Morgan fingerprint density at radius 3 is 2.85 bits per heavy atom. The summed E-state index contributed by atoms with van der Waals surface area (Å²) in [5, 5.41) is 11.7. The van der Waals surface area contributed by atoms with E-state index in [1.165, 1.54) is 0 Å². The third kappa shape index (κ3) is 6.34. The van der Waals surface area contributed by atoms with Crippen LogP contribution in [0.25, 0.3) is 0 Å². The molecule has 20 heavy (non-hydrogen) atoms. The van der Waals surface area contributed by atoms with Gasteiger partial charge in [-0.2, -0.15) is 0 Å². The Morgan fingerprint density at radius 2 is 2.20 bits per heavy atom. The molecular formula is C14H26N2O4. The van der Waals surface area contributed by atoms with Crippen molar-refractivity contribution in [2.75, 3.05) is 26.8 Å². The number of carboxylic acids is 1. The topological polar surface area (TPSA) is 78.9 Å². The lowest BCUT2D eigenvalue weighted by Crippen LogP contribution is -2.47. The van der Waals surface area contributed by atoms with E-state index in [1.807, 2.05) is 6.92 Å². The molecule has 1 amide bonds. The zero-order chi connectivity index (χ0) is 15.0. The van der Waals surface area contributed by atoms with Crippen molar-refractivity contribution in [1.82, 2.24) is 10.2 Å². The van der Waals surface area contributed by atoms with E-state index in [0.717, 1.165) is 25.8 Å². The maximum Gasteiger partial charge on any atom is 0.303 e. The molecule has 0 aromatic carbocycles. The van der Waals surface area contributed by atoms with E-state index in [2.05, 4.69) is 10.2 Å². The van der Waals surface area contributed by atoms with E-state index >= 15 is 0 Å². The van der Waals surface area contributed by atoms with E-state index in [4.69, 9.17) is 9.84 Å². The zero-order valence-corrected chi connectivity index (χ0v) is 12.4. The van der Waals surface area contributed by atoms with Gasteiger partial charge in [0.05, 0.1) is 13.2 Å². The molecule has 2 unspecified atom stereocenters. The predicted molar refractivity (Wildman–Crippen MR) is 75.6 cm³/mol. The first-order valence-corrected chi connectivity index (χ1v) is 7.27. The standard InChI is InChI=1S/C14H26N2O4/c1-11(10-20-2)15-13(17)9-16-8-4-3-5-12(16)6-7-14(18)19/h11-12H,3-10H2,1-2H3,(H,15,17)(H,18,19). The fourth-order valence-corrected chi connectivity index (χ4v) is 2.68. The number of methoxy groups -OCH3 is 1. The molecule has 0 aliphatic carbocycles. The Balaban J connectivity index is 2.41. The highest BCUT2D eigenvalue weighted by Crippen LogP contribution is 2.20. The van der Waals surface area contributed by atoms with Gasteiger partial charge < -0.3 is 15.2 Å². The van der Waals surface area contributed by atoms with Crippen molar-refractivity contribution in [2.24, 2.45) is 0 Å². The minimum Gasteiger partial charge on any atom is -0.481 e. The lowest BCUT2D eigenvalue weighted by atomic mass is 9.98. The molecule has 6 heteroatoms. The quantitative estimate of drug-likeness (QED) is 0.692. The van der Waals surface area contributed by atoms with Crippen LogP contribution in [0.3, 0.4) is 0 Å². The number of carboxylic acid groups (broad SMARTS) is 1. The first-order valence-electron chi connectivity index (χ1n) is 7.27. The van der Waals surface area contributed by atoms with Gasteiger partial charge in [0.25, 0.3) is 0 Å². The predicted octanol–water partition coefficient (Wildman–Crippen LogP) is 0.857. The van der Waals surface area contributed by atoms with Crippen LogP contribution in [0.15, 0.2) is 0 Å². The molecule has 6 nitrogen and oxygen atoms in total. The molecule has 1 fully saturated rings. The lowest BCUT2D eigenvalue weighted by Gasteiger charge is -2.35. The minimum atomic E-state index is -0.770. The van der Waals surface area contributed by atoms with Gasteiger partial charge in [0, 0.05) is 25.6 Å². The molecule has 0 aromatic heterocycles. The molecule has 1 aliphatic rings. The molecule has 1 heterocycles. The number of rotatable bonds is 8. The number of hydrogen-bond donors (Lipinski definition) is 2. The SMILES string of the molecule is COCC(C)NC(=O)CN1CCCCC1CCC(=O)O. The number of hydrogen-bond acceptors (Lipinski definition) is 4.